The van der Waals surface area contributed by atoms with Crippen LogP contribution in [0.25, 0.3) is 0 Å². The van der Waals surface area contributed by atoms with Crippen LogP contribution < -0.4 is 19.4 Å². The first-order chi connectivity index (χ1) is 13.2. The van der Waals surface area contributed by atoms with Gasteiger partial charge in [0, 0.05) is 45.5 Å². The van der Waals surface area contributed by atoms with Crippen molar-refractivity contribution in [3.8, 4) is 5.75 Å². The Morgan fingerprint density at radius 3 is 2.56 bits per heavy atom. The summed E-state index contributed by atoms with van der Waals surface area (Å²) in [6.07, 6.45) is 2.37. The van der Waals surface area contributed by atoms with E-state index in [2.05, 4.69) is 31.8 Å². The monoisotopic (exact) mass is 369 g/mol. The van der Waals surface area contributed by atoms with Crippen molar-refractivity contribution in [2.45, 2.75) is 19.4 Å². The SMILES string of the molecule is CCOc1ccccc1N1CCN(c2nccc(N3CC[C@H](O)C3)n2)CC1. The van der Waals surface area contributed by atoms with Gasteiger partial charge in [0.25, 0.3) is 0 Å². The van der Waals surface area contributed by atoms with Crippen LogP contribution in [0.1, 0.15) is 13.3 Å². The number of hydrogen-bond acceptors (Lipinski definition) is 7. The summed E-state index contributed by atoms with van der Waals surface area (Å²) in [5.41, 5.74) is 1.15. The summed E-state index contributed by atoms with van der Waals surface area (Å²) in [5.74, 6) is 2.62. The standard InChI is InChI=1S/C20H27N5O2/c1-2-27-18-6-4-3-5-17(18)23-11-13-24(14-12-23)20-21-9-7-19(22-20)25-10-8-16(26)15-25/h3-7,9,16,26H,2,8,10-15H2,1H3/t16-/m0/s1. The van der Waals surface area contributed by atoms with Crippen LogP contribution in [0, 0.1) is 0 Å². The molecule has 3 heterocycles. The van der Waals surface area contributed by atoms with Crippen LogP contribution >= 0.6 is 0 Å². The first-order valence-electron chi connectivity index (χ1n) is 9.72. The Morgan fingerprint density at radius 2 is 1.81 bits per heavy atom. The van der Waals surface area contributed by atoms with Crippen molar-refractivity contribution in [1.29, 1.82) is 0 Å². The first kappa shape index (κ1) is 17.9. The van der Waals surface area contributed by atoms with Gasteiger partial charge in [0.2, 0.25) is 5.95 Å². The number of para-hydroxylation sites is 2. The maximum atomic E-state index is 9.77. The number of nitrogens with zero attached hydrogens (tertiary/aromatic N) is 5. The first-order valence-corrected chi connectivity index (χ1v) is 9.72. The van der Waals surface area contributed by atoms with E-state index in [4.69, 9.17) is 9.72 Å². The zero-order chi connectivity index (χ0) is 18.6. The number of hydrogen-bond donors (Lipinski definition) is 1. The summed E-state index contributed by atoms with van der Waals surface area (Å²) < 4.78 is 5.78. The number of ether oxygens (including phenoxy) is 1. The summed E-state index contributed by atoms with van der Waals surface area (Å²) in [6.45, 7) is 7.72. The molecule has 2 aromatic rings. The van der Waals surface area contributed by atoms with E-state index < -0.39 is 0 Å². The van der Waals surface area contributed by atoms with E-state index in [1.807, 2.05) is 31.3 Å². The molecule has 0 radical (unpaired) electrons. The van der Waals surface area contributed by atoms with Crippen LogP contribution in [0.4, 0.5) is 17.5 Å². The second-order valence-electron chi connectivity index (χ2n) is 6.98. The molecule has 1 N–H and O–H groups in total. The van der Waals surface area contributed by atoms with Gasteiger partial charge in [-0.25, -0.2) is 4.98 Å². The molecule has 0 unspecified atom stereocenters. The van der Waals surface area contributed by atoms with E-state index in [1.54, 1.807) is 0 Å². The highest BCUT2D eigenvalue weighted by molar-refractivity contribution is 5.59. The molecule has 1 aromatic carbocycles. The van der Waals surface area contributed by atoms with Crippen LogP contribution in [-0.4, -0.2) is 67.1 Å². The second-order valence-corrected chi connectivity index (χ2v) is 6.98. The number of piperazine rings is 1. The second kappa shape index (κ2) is 8.00. The minimum atomic E-state index is -0.252. The van der Waals surface area contributed by atoms with Crippen LogP contribution in [0.5, 0.6) is 5.75 Å². The van der Waals surface area contributed by atoms with Gasteiger partial charge in [-0.3, -0.25) is 0 Å². The minimum Gasteiger partial charge on any atom is -0.492 e. The summed E-state index contributed by atoms with van der Waals surface area (Å²) in [5, 5.41) is 9.77. The van der Waals surface area contributed by atoms with Gasteiger partial charge in [-0.05, 0) is 31.5 Å². The normalized spacial score (nSPS) is 20.2. The third kappa shape index (κ3) is 3.93. The molecule has 1 aromatic heterocycles. The number of aromatic nitrogens is 2. The Labute approximate surface area is 160 Å². The Kier molecular flexibility index (Phi) is 5.29. The summed E-state index contributed by atoms with van der Waals surface area (Å²) in [6, 6.07) is 10.1. The molecular weight excluding hydrogens is 342 g/mol. The number of aliphatic hydroxyl groups is 1. The minimum absolute atomic E-state index is 0.252. The highest BCUT2D eigenvalue weighted by Crippen LogP contribution is 2.29. The quantitative estimate of drug-likeness (QED) is 0.862. The maximum absolute atomic E-state index is 9.77. The molecule has 0 bridgehead atoms. The van der Waals surface area contributed by atoms with Crippen molar-refractivity contribution in [1.82, 2.24) is 9.97 Å². The lowest BCUT2D eigenvalue weighted by atomic mass is 10.2. The number of rotatable bonds is 5. The van der Waals surface area contributed by atoms with Crippen LogP contribution in [0.3, 0.4) is 0 Å². The van der Waals surface area contributed by atoms with Crippen molar-refractivity contribution in [2.24, 2.45) is 0 Å². The molecule has 0 saturated carbocycles. The Morgan fingerprint density at radius 1 is 1.04 bits per heavy atom. The lowest BCUT2D eigenvalue weighted by molar-refractivity contribution is 0.198. The molecule has 2 aliphatic rings. The van der Waals surface area contributed by atoms with Gasteiger partial charge in [-0.15, -0.1) is 0 Å². The highest BCUT2D eigenvalue weighted by atomic mass is 16.5. The number of anilines is 3. The molecule has 2 fully saturated rings. The van der Waals surface area contributed by atoms with Crippen molar-refractivity contribution < 1.29 is 9.84 Å². The fourth-order valence-electron chi connectivity index (χ4n) is 3.76. The molecule has 7 heteroatoms. The van der Waals surface area contributed by atoms with Gasteiger partial charge in [0.15, 0.2) is 0 Å². The van der Waals surface area contributed by atoms with E-state index in [1.165, 1.54) is 0 Å². The fourth-order valence-corrected chi connectivity index (χ4v) is 3.76. The Hall–Kier alpha value is -2.54. The van der Waals surface area contributed by atoms with Crippen molar-refractivity contribution >= 4 is 17.5 Å². The predicted octanol–water partition coefficient (Wildman–Crippen LogP) is 1.77. The predicted molar refractivity (Wildman–Crippen MR) is 107 cm³/mol. The highest BCUT2D eigenvalue weighted by Gasteiger charge is 2.24. The lowest BCUT2D eigenvalue weighted by Gasteiger charge is -2.36. The van der Waals surface area contributed by atoms with Crippen molar-refractivity contribution in [2.75, 3.05) is 60.6 Å². The summed E-state index contributed by atoms with van der Waals surface area (Å²) in [7, 11) is 0. The molecule has 7 nitrogen and oxygen atoms in total. The number of β-amino-alcohol motifs (C(OH)–C–C–N with tert-alkyl or cyclic N) is 1. The third-order valence-corrected chi connectivity index (χ3v) is 5.18. The fraction of sp³-hybridized carbons (Fsp3) is 0.500. The molecule has 0 amide bonds. The summed E-state index contributed by atoms with van der Waals surface area (Å²) >= 11 is 0. The Balaban J connectivity index is 1.42. The zero-order valence-electron chi connectivity index (χ0n) is 15.8. The molecule has 2 saturated heterocycles. The molecule has 0 aliphatic carbocycles. The maximum Gasteiger partial charge on any atom is 0.227 e. The van der Waals surface area contributed by atoms with Gasteiger partial charge in [0.05, 0.1) is 18.4 Å². The van der Waals surface area contributed by atoms with Crippen molar-refractivity contribution in [3.63, 3.8) is 0 Å². The molecule has 1 atom stereocenters. The topological polar surface area (TPSA) is 65.0 Å². The summed E-state index contributed by atoms with van der Waals surface area (Å²) in [4.78, 5) is 15.9. The van der Waals surface area contributed by atoms with E-state index in [0.29, 0.717) is 13.2 Å². The van der Waals surface area contributed by atoms with E-state index in [0.717, 1.165) is 62.3 Å². The number of aliphatic hydroxyl groups excluding tert-OH is 1. The number of benzene rings is 1. The smallest absolute Gasteiger partial charge is 0.227 e. The van der Waals surface area contributed by atoms with Gasteiger partial charge in [-0.2, -0.15) is 4.98 Å². The molecule has 2 aliphatic heterocycles. The molecule has 27 heavy (non-hydrogen) atoms. The van der Waals surface area contributed by atoms with Crippen LogP contribution in [-0.2, 0) is 0 Å². The third-order valence-electron chi connectivity index (χ3n) is 5.18. The van der Waals surface area contributed by atoms with E-state index in [-0.39, 0.29) is 6.10 Å². The molecule has 144 valence electrons. The molecular formula is C20H27N5O2. The van der Waals surface area contributed by atoms with E-state index >= 15 is 0 Å². The zero-order valence-corrected chi connectivity index (χ0v) is 15.8. The molecule has 0 spiro atoms. The van der Waals surface area contributed by atoms with Crippen molar-refractivity contribution in [3.05, 3.63) is 36.5 Å². The van der Waals surface area contributed by atoms with Crippen LogP contribution in [0.2, 0.25) is 0 Å². The van der Waals surface area contributed by atoms with E-state index in [9.17, 15) is 5.11 Å². The largest absolute Gasteiger partial charge is 0.492 e. The Bertz CT molecular complexity index is 764. The average molecular weight is 369 g/mol. The van der Waals surface area contributed by atoms with Gasteiger partial charge < -0.3 is 24.5 Å². The van der Waals surface area contributed by atoms with Gasteiger partial charge in [0.1, 0.15) is 11.6 Å². The van der Waals surface area contributed by atoms with Crippen LogP contribution in [0.15, 0.2) is 36.5 Å². The van der Waals surface area contributed by atoms with Gasteiger partial charge >= 0.3 is 0 Å². The lowest BCUT2D eigenvalue weighted by Crippen LogP contribution is -2.47. The molecule has 4 rings (SSSR count). The average Bonchev–Trinajstić information content (AvgIpc) is 3.15. The van der Waals surface area contributed by atoms with Gasteiger partial charge in [-0.1, -0.05) is 12.1 Å².